The maximum atomic E-state index is 12.9. The zero-order chi connectivity index (χ0) is 22.4. The third kappa shape index (κ3) is 6.14. The zero-order valence-corrected chi connectivity index (χ0v) is 16.6. The molecular formula is C22H15ClF3N3O2. The predicted octanol–water partition coefficient (Wildman–Crippen LogP) is 7.21. The van der Waals surface area contributed by atoms with E-state index in [4.69, 9.17) is 22.9 Å². The topological polar surface area (TPSA) is 54.7 Å². The highest BCUT2D eigenvalue weighted by Crippen LogP contribution is 2.36. The van der Waals surface area contributed by atoms with Gasteiger partial charge in [0.1, 0.15) is 11.5 Å². The first-order valence-corrected chi connectivity index (χ1v) is 9.27. The van der Waals surface area contributed by atoms with Crippen molar-refractivity contribution in [3.63, 3.8) is 0 Å². The smallest absolute Gasteiger partial charge is 0.417 e. The van der Waals surface area contributed by atoms with Crippen LogP contribution in [0.3, 0.4) is 0 Å². The zero-order valence-electron chi connectivity index (χ0n) is 15.8. The van der Waals surface area contributed by atoms with Crippen molar-refractivity contribution < 1.29 is 22.7 Å². The quantitative estimate of drug-likeness (QED) is 0.407. The van der Waals surface area contributed by atoms with Crippen LogP contribution in [0.25, 0.3) is 4.85 Å². The molecule has 2 N–H and O–H groups in total. The van der Waals surface area contributed by atoms with Crippen molar-refractivity contribution in [1.82, 2.24) is 0 Å². The Bertz CT molecular complexity index is 1110. The van der Waals surface area contributed by atoms with E-state index in [0.29, 0.717) is 23.7 Å². The highest BCUT2D eigenvalue weighted by molar-refractivity contribution is 6.31. The first kappa shape index (κ1) is 22.0. The highest BCUT2D eigenvalue weighted by Gasteiger charge is 2.33. The number of nitrogens with one attached hydrogen (secondary N) is 2. The van der Waals surface area contributed by atoms with E-state index in [2.05, 4.69) is 15.5 Å². The first-order chi connectivity index (χ1) is 14.7. The number of anilines is 2. The average Bonchev–Trinajstić information content (AvgIpc) is 2.72. The lowest BCUT2D eigenvalue weighted by Crippen LogP contribution is -2.19. The molecule has 0 aliphatic heterocycles. The summed E-state index contributed by atoms with van der Waals surface area (Å²) in [6.45, 7) is 7.16. The summed E-state index contributed by atoms with van der Waals surface area (Å²) in [5, 5.41) is 4.42. The molecule has 3 aromatic rings. The Morgan fingerprint density at radius 2 is 1.48 bits per heavy atom. The number of urea groups is 1. The summed E-state index contributed by atoms with van der Waals surface area (Å²) < 4.78 is 44.5. The number of ether oxygens (including phenoxy) is 1. The molecule has 0 fully saturated rings. The van der Waals surface area contributed by atoms with E-state index in [0.717, 1.165) is 17.7 Å². The van der Waals surface area contributed by atoms with E-state index in [-0.39, 0.29) is 5.69 Å². The molecule has 3 rings (SSSR count). The van der Waals surface area contributed by atoms with Crippen molar-refractivity contribution in [3.05, 3.63) is 94.3 Å². The van der Waals surface area contributed by atoms with Gasteiger partial charge in [-0.25, -0.2) is 11.4 Å². The van der Waals surface area contributed by atoms with Crippen LogP contribution in [0.4, 0.5) is 29.3 Å². The van der Waals surface area contributed by atoms with Crippen molar-refractivity contribution >= 4 is 29.0 Å². The van der Waals surface area contributed by atoms with Crippen LogP contribution in [0.1, 0.15) is 11.1 Å². The molecular weight excluding hydrogens is 431 g/mol. The molecule has 0 aliphatic carbocycles. The molecule has 158 valence electrons. The van der Waals surface area contributed by atoms with Crippen LogP contribution in [-0.2, 0) is 12.7 Å². The summed E-state index contributed by atoms with van der Waals surface area (Å²) in [6, 6.07) is 15.9. The summed E-state index contributed by atoms with van der Waals surface area (Å²) in [4.78, 5) is 15.4. The Morgan fingerprint density at radius 1 is 0.935 bits per heavy atom. The number of halogens is 4. The van der Waals surface area contributed by atoms with E-state index in [9.17, 15) is 18.0 Å². The second kappa shape index (κ2) is 9.41. The van der Waals surface area contributed by atoms with Crippen molar-refractivity contribution in [2.75, 3.05) is 10.6 Å². The van der Waals surface area contributed by atoms with Gasteiger partial charge in [0.2, 0.25) is 6.54 Å². The fourth-order valence-corrected chi connectivity index (χ4v) is 2.83. The van der Waals surface area contributed by atoms with Gasteiger partial charge in [-0.15, -0.1) is 0 Å². The number of amides is 2. The fraction of sp³-hybridized carbons (Fsp3) is 0.0909. The molecule has 9 heteroatoms. The van der Waals surface area contributed by atoms with Crippen LogP contribution in [0.5, 0.6) is 11.5 Å². The maximum Gasteiger partial charge on any atom is 0.417 e. The number of nitrogens with zero attached hydrogens (tertiary/aromatic N) is 1. The number of carbonyl (C=O) groups is 1. The van der Waals surface area contributed by atoms with Gasteiger partial charge in [0.25, 0.3) is 0 Å². The minimum absolute atomic E-state index is 0.0455. The van der Waals surface area contributed by atoms with Crippen LogP contribution < -0.4 is 15.4 Å². The summed E-state index contributed by atoms with van der Waals surface area (Å²) in [6.07, 6.45) is -4.63. The highest BCUT2D eigenvalue weighted by atomic mass is 35.5. The van der Waals surface area contributed by atoms with Crippen LogP contribution in [0, 0.1) is 6.57 Å². The van der Waals surface area contributed by atoms with Crippen molar-refractivity contribution in [1.29, 1.82) is 0 Å². The van der Waals surface area contributed by atoms with Crippen LogP contribution in [0.15, 0.2) is 66.7 Å². The Labute approximate surface area is 181 Å². The first-order valence-electron chi connectivity index (χ1n) is 8.89. The fourth-order valence-electron chi connectivity index (χ4n) is 2.61. The number of alkyl halides is 3. The molecule has 0 saturated heterocycles. The second-order valence-electron chi connectivity index (χ2n) is 6.36. The van der Waals surface area contributed by atoms with Gasteiger partial charge in [-0.3, -0.25) is 0 Å². The molecule has 3 aromatic carbocycles. The molecule has 0 radical (unpaired) electrons. The van der Waals surface area contributed by atoms with Gasteiger partial charge in [0.05, 0.1) is 10.6 Å². The van der Waals surface area contributed by atoms with Gasteiger partial charge in [0, 0.05) is 16.9 Å². The summed E-state index contributed by atoms with van der Waals surface area (Å²) in [5.74, 6) is 1.12. The SMILES string of the molecule is [C-]#[N+]Cc1ccc(Oc2ccc(NC(=O)Nc3ccc(Cl)c(C(F)(F)F)c3)cc2)cc1. The van der Waals surface area contributed by atoms with Crippen molar-refractivity contribution in [2.24, 2.45) is 0 Å². The monoisotopic (exact) mass is 445 g/mol. The minimum atomic E-state index is -4.63. The number of rotatable bonds is 5. The molecule has 0 aliphatic rings. The lowest BCUT2D eigenvalue weighted by molar-refractivity contribution is -0.137. The molecule has 0 aromatic heterocycles. The van der Waals surface area contributed by atoms with E-state index in [1.807, 2.05) is 0 Å². The lowest BCUT2D eigenvalue weighted by atomic mass is 10.2. The molecule has 2 amide bonds. The van der Waals surface area contributed by atoms with E-state index in [1.165, 1.54) is 6.07 Å². The molecule has 0 saturated carbocycles. The maximum absolute atomic E-state index is 12.9. The van der Waals surface area contributed by atoms with Gasteiger partial charge in [-0.1, -0.05) is 11.6 Å². The third-order valence-electron chi connectivity index (χ3n) is 4.06. The Hall–Kier alpha value is -3.70. The molecule has 5 nitrogen and oxygen atoms in total. The molecule has 0 bridgehead atoms. The summed E-state index contributed by atoms with van der Waals surface area (Å²) in [7, 11) is 0. The lowest BCUT2D eigenvalue weighted by Gasteiger charge is -2.12. The van der Waals surface area contributed by atoms with Gasteiger partial charge in [0.15, 0.2) is 0 Å². The van der Waals surface area contributed by atoms with Gasteiger partial charge < -0.3 is 20.2 Å². The van der Waals surface area contributed by atoms with E-state index >= 15 is 0 Å². The molecule has 0 heterocycles. The van der Waals surface area contributed by atoms with E-state index < -0.39 is 22.8 Å². The number of benzene rings is 3. The van der Waals surface area contributed by atoms with Gasteiger partial charge >= 0.3 is 12.2 Å². The largest absolute Gasteiger partial charge is 0.457 e. The average molecular weight is 446 g/mol. The normalized spacial score (nSPS) is 10.8. The number of hydrogen-bond donors (Lipinski definition) is 2. The third-order valence-corrected chi connectivity index (χ3v) is 4.39. The van der Waals surface area contributed by atoms with Crippen molar-refractivity contribution in [2.45, 2.75) is 12.7 Å². The molecule has 31 heavy (non-hydrogen) atoms. The van der Waals surface area contributed by atoms with E-state index in [1.54, 1.807) is 48.5 Å². The molecule has 0 atom stereocenters. The minimum Gasteiger partial charge on any atom is -0.457 e. The van der Waals surface area contributed by atoms with Gasteiger partial charge in [-0.05, 0) is 66.7 Å². The standard InChI is InChI=1S/C22H15ClF3N3O2/c1-27-13-14-2-7-17(8-3-14)31-18-9-4-15(5-10-18)28-21(30)29-16-6-11-20(23)19(12-16)22(24,25)26/h2-12H,13H2,(H2,28,29,30). The number of carbonyl (C=O) groups excluding carboxylic acids is 1. The second-order valence-corrected chi connectivity index (χ2v) is 6.77. The summed E-state index contributed by atoms with van der Waals surface area (Å²) in [5.41, 5.74) is 0.227. The van der Waals surface area contributed by atoms with Crippen molar-refractivity contribution in [3.8, 4) is 11.5 Å². The van der Waals surface area contributed by atoms with Crippen LogP contribution in [-0.4, -0.2) is 6.03 Å². The van der Waals surface area contributed by atoms with Crippen LogP contribution >= 0.6 is 11.6 Å². The van der Waals surface area contributed by atoms with Gasteiger partial charge in [-0.2, -0.15) is 13.2 Å². The number of hydrogen-bond acceptors (Lipinski definition) is 2. The Morgan fingerprint density at radius 3 is 2.06 bits per heavy atom. The summed E-state index contributed by atoms with van der Waals surface area (Å²) >= 11 is 5.57. The predicted molar refractivity (Wildman–Crippen MR) is 112 cm³/mol. The molecule has 0 spiro atoms. The molecule has 0 unspecified atom stereocenters. The van der Waals surface area contributed by atoms with Crippen LogP contribution in [0.2, 0.25) is 5.02 Å². The Balaban J connectivity index is 1.59. The Kier molecular flexibility index (Phi) is 6.68.